The molecule has 1 N–H and O–H groups in total. The smallest absolute Gasteiger partial charge is 0.147 e. The van der Waals surface area contributed by atoms with Crippen LogP contribution in [0.15, 0.2) is 36.4 Å². The summed E-state index contributed by atoms with van der Waals surface area (Å²) >= 11 is 0. The Labute approximate surface area is 111 Å². The predicted molar refractivity (Wildman–Crippen MR) is 72.9 cm³/mol. The maximum atomic E-state index is 13.8. The first-order valence-electron chi connectivity index (χ1n) is 6.35. The van der Waals surface area contributed by atoms with Crippen LogP contribution in [0.1, 0.15) is 23.1 Å². The summed E-state index contributed by atoms with van der Waals surface area (Å²) in [5.74, 6) is -0.403. The van der Waals surface area contributed by atoms with E-state index in [-0.39, 0.29) is 0 Å². The first-order valence-corrected chi connectivity index (χ1v) is 6.35. The molecular formula is C16H13FN2. The number of rotatable bonds is 2. The lowest BCUT2D eigenvalue weighted by atomic mass is 10.1. The van der Waals surface area contributed by atoms with Crippen molar-refractivity contribution < 1.29 is 4.39 Å². The summed E-state index contributed by atoms with van der Waals surface area (Å²) in [5.41, 5.74) is 4.36. The summed E-state index contributed by atoms with van der Waals surface area (Å²) < 4.78 is 13.8. The predicted octanol–water partition coefficient (Wildman–Crippen LogP) is 3.93. The van der Waals surface area contributed by atoms with E-state index in [1.165, 1.54) is 23.6 Å². The molecule has 3 heteroatoms. The van der Waals surface area contributed by atoms with Crippen molar-refractivity contribution in [1.29, 1.82) is 5.26 Å². The number of halogens is 1. The van der Waals surface area contributed by atoms with Crippen LogP contribution < -0.4 is 5.32 Å². The highest BCUT2D eigenvalue weighted by molar-refractivity contribution is 5.62. The van der Waals surface area contributed by atoms with E-state index >= 15 is 0 Å². The quantitative estimate of drug-likeness (QED) is 0.879. The number of hydrogen-bond acceptors (Lipinski definition) is 2. The lowest BCUT2D eigenvalue weighted by Gasteiger charge is -2.09. The van der Waals surface area contributed by atoms with Crippen LogP contribution >= 0.6 is 0 Å². The Kier molecular flexibility index (Phi) is 2.92. The number of nitriles is 1. The molecule has 0 radical (unpaired) electrons. The van der Waals surface area contributed by atoms with E-state index in [4.69, 9.17) is 5.26 Å². The number of anilines is 2. The molecule has 0 amide bonds. The van der Waals surface area contributed by atoms with Gasteiger partial charge in [0.05, 0.1) is 17.3 Å². The highest BCUT2D eigenvalue weighted by Crippen LogP contribution is 2.27. The Morgan fingerprint density at radius 2 is 1.89 bits per heavy atom. The first-order chi connectivity index (χ1) is 9.26. The Morgan fingerprint density at radius 3 is 2.68 bits per heavy atom. The van der Waals surface area contributed by atoms with Gasteiger partial charge < -0.3 is 5.32 Å². The van der Waals surface area contributed by atoms with Crippen molar-refractivity contribution in [2.45, 2.75) is 19.3 Å². The number of fused-ring (bicyclic) bond motifs is 1. The standard InChI is InChI=1S/C16H13FN2/c17-15-8-11(10-18)4-7-16(15)19-14-6-5-12-2-1-3-13(12)9-14/h4-9,19H,1-3H2. The lowest BCUT2D eigenvalue weighted by molar-refractivity contribution is 0.631. The second-order valence-electron chi connectivity index (χ2n) is 4.77. The highest BCUT2D eigenvalue weighted by Gasteiger charge is 2.11. The minimum absolute atomic E-state index is 0.331. The molecule has 0 aliphatic heterocycles. The molecule has 94 valence electrons. The monoisotopic (exact) mass is 252 g/mol. The molecule has 1 aliphatic carbocycles. The normalized spacial score (nSPS) is 12.8. The molecule has 2 aromatic carbocycles. The van der Waals surface area contributed by atoms with Gasteiger partial charge in [-0.05, 0) is 60.7 Å². The Hall–Kier alpha value is -2.34. The molecule has 0 heterocycles. The lowest BCUT2D eigenvalue weighted by Crippen LogP contribution is -1.95. The van der Waals surface area contributed by atoms with E-state index in [0.29, 0.717) is 11.3 Å². The maximum Gasteiger partial charge on any atom is 0.147 e. The van der Waals surface area contributed by atoms with Crippen LogP contribution in [0, 0.1) is 17.1 Å². The van der Waals surface area contributed by atoms with Gasteiger partial charge in [0.1, 0.15) is 5.82 Å². The van der Waals surface area contributed by atoms with Crippen LogP contribution in [-0.2, 0) is 12.8 Å². The number of benzene rings is 2. The molecule has 0 saturated carbocycles. The van der Waals surface area contributed by atoms with Crippen molar-refractivity contribution in [1.82, 2.24) is 0 Å². The van der Waals surface area contributed by atoms with Gasteiger partial charge in [-0.3, -0.25) is 0 Å². The van der Waals surface area contributed by atoms with Gasteiger partial charge in [0, 0.05) is 5.69 Å². The average molecular weight is 252 g/mol. The average Bonchev–Trinajstić information content (AvgIpc) is 2.88. The van der Waals surface area contributed by atoms with Gasteiger partial charge in [-0.25, -0.2) is 4.39 Å². The molecule has 0 bridgehead atoms. The van der Waals surface area contributed by atoms with E-state index in [9.17, 15) is 4.39 Å². The summed E-state index contributed by atoms with van der Waals surface area (Å²) in [6.45, 7) is 0. The fourth-order valence-electron chi connectivity index (χ4n) is 2.49. The van der Waals surface area contributed by atoms with Crippen molar-refractivity contribution in [3.05, 3.63) is 58.9 Å². The van der Waals surface area contributed by atoms with Crippen molar-refractivity contribution in [2.24, 2.45) is 0 Å². The molecule has 0 saturated heterocycles. The second-order valence-corrected chi connectivity index (χ2v) is 4.77. The Balaban J connectivity index is 1.87. The number of nitrogens with zero attached hydrogens (tertiary/aromatic N) is 1. The summed E-state index contributed by atoms with van der Waals surface area (Å²) in [6.07, 6.45) is 3.44. The fraction of sp³-hybridized carbons (Fsp3) is 0.188. The van der Waals surface area contributed by atoms with Gasteiger partial charge in [0.15, 0.2) is 0 Å². The van der Waals surface area contributed by atoms with E-state index in [1.807, 2.05) is 12.1 Å². The van der Waals surface area contributed by atoms with Crippen LogP contribution in [0.2, 0.25) is 0 Å². The molecule has 2 nitrogen and oxygen atoms in total. The zero-order valence-corrected chi connectivity index (χ0v) is 10.4. The number of hydrogen-bond donors (Lipinski definition) is 1. The summed E-state index contributed by atoms with van der Waals surface area (Å²) in [5, 5.41) is 11.8. The molecule has 0 fully saturated rings. The number of nitrogens with one attached hydrogen (secondary N) is 1. The van der Waals surface area contributed by atoms with Crippen LogP contribution in [0.3, 0.4) is 0 Å². The molecule has 3 rings (SSSR count). The van der Waals surface area contributed by atoms with Crippen molar-refractivity contribution in [3.8, 4) is 6.07 Å². The van der Waals surface area contributed by atoms with E-state index < -0.39 is 5.82 Å². The molecular weight excluding hydrogens is 239 g/mol. The van der Waals surface area contributed by atoms with E-state index in [2.05, 4.69) is 17.4 Å². The highest BCUT2D eigenvalue weighted by atomic mass is 19.1. The molecule has 0 aromatic heterocycles. The second kappa shape index (κ2) is 4.74. The van der Waals surface area contributed by atoms with Gasteiger partial charge in [0.2, 0.25) is 0 Å². The third-order valence-electron chi connectivity index (χ3n) is 3.48. The molecule has 2 aromatic rings. The van der Waals surface area contributed by atoms with Crippen molar-refractivity contribution >= 4 is 11.4 Å². The van der Waals surface area contributed by atoms with Crippen LogP contribution in [0.4, 0.5) is 15.8 Å². The Morgan fingerprint density at radius 1 is 1.05 bits per heavy atom. The van der Waals surface area contributed by atoms with Crippen LogP contribution in [0.5, 0.6) is 0 Å². The van der Waals surface area contributed by atoms with Gasteiger partial charge in [-0.2, -0.15) is 5.26 Å². The van der Waals surface area contributed by atoms with Crippen molar-refractivity contribution in [3.63, 3.8) is 0 Å². The zero-order chi connectivity index (χ0) is 13.2. The van der Waals surface area contributed by atoms with Crippen LogP contribution in [-0.4, -0.2) is 0 Å². The third-order valence-corrected chi connectivity index (χ3v) is 3.48. The minimum atomic E-state index is -0.403. The molecule has 0 unspecified atom stereocenters. The van der Waals surface area contributed by atoms with Crippen LogP contribution in [0.25, 0.3) is 0 Å². The van der Waals surface area contributed by atoms with E-state index in [1.54, 1.807) is 12.1 Å². The largest absolute Gasteiger partial charge is 0.353 e. The van der Waals surface area contributed by atoms with Gasteiger partial charge in [-0.1, -0.05) is 6.07 Å². The third kappa shape index (κ3) is 2.30. The molecule has 1 aliphatic rings. The maximum absolute atomic E-state index is 13.8. The van der Waals surface area contributed by atoms with Gasteiger partial charge in [0.25, 0.3) is 0 Å². The fourth-order valence-corrected chi connectivity index (χ4v) is 2.49. The summed E-state index contributed by atoms with van der Waals surface area (Å²) in [7, 11) is 0. The topological polar surface area (TPSA) is 35.8 Å². The molecule has 19 heavy (non-hydrogen) atoms. The molecule has 0 atom stereocenters. The Bertz CT molecular complexity index is 671. The van der Waals surface area contributed by atoms with Crippen molar-refractivity contribution in [2.75, 3.05) is 5.32 Å². The zero-order valence-electron chi connectivity index (χ0n) is 10.4. The summed E-state index contributed by atoms with van der Waals surface area (Å²) in [6, 6.07) is 12.5. The summed E-state index contributed by atoms with van der Waals surface area (Å²) in [4.78, 5) is 0. The van der Waals surface area contributed by atoms with E-state index in [0.717, 1.165) is 18.5 Å². The minimum Gasteiger partial charge on any atom is -0.353 e. The SMILES string of the molecule is N#Cc1ccc(Nc2ccc3c(c2)CCC3)c(F)c1. The number of aryl methyl sites for hydroxylation is 2. The van der Waals surface area contributed by atoms with Gasteiger partial charge in [-0.15, -0.1) is 0 Å². The van der Waals surface area contributed by atoms with Gasteiger partial charge >= 0.3 is 0 Å². The molecule has 0 spiro atoms. The first kappa shape index (κ1) is 11.7.